The molecule has 0 N–H and O–H groups in total. The first-order chi connectivity index (χ1) is 12.7. The van der Waals surface area contributed by atoms with E-state index < -0.39 is 11.8 Å². The van der Waals surface area contributed by atoms with Crippen LogP contribution >= 0.6 is 11.6 Å². The van der Waals surface area contributed by atoms with Crippen LogP contribution in [-0.2, 0) is 14.3 Å². The zero-order valence-corrected chi connectivity index (χ0v) is 17.1. The summed E-state index contributed by atoms with van der Waals surface area (Å²) >= 11 is 6.49. The number of carbonyl (C=O) groups is 2. The van der Waals surface area contributed by atoms with E-state index in [9.17, 15) is 9.59 Å². The van der Waals surface area contributed by atoms with E-state index in [0.717, 1.165) is 17.7 Å². The Hall–Kier alpha value is -1.94. The van der Waals surface area contributed by atoms with Crippen molar-refractivity contribution in [1.29, 1.82) is 0 Å². The number of esters is 1. The summed E-state index contributed by atoms with van der Waals surface area (Å²) < 4.78 is 5.45. The van der Waals surface area contributed by atoms with Crippen LogP contribution in [-0.4, -0.2) is 24.1 Å². The Morgan fingerprint density at radius 2 is 2.00 bits per heavy atom. The molecular formula is C22H26ClNO3. The summed E-state index contributed by atoms with van der Waals surface area (Å²) in [5.41, 5.74) is 2.75. The number of benzene rings is 1. The fourth-order valence-corrected chi connectivity index (χ4v) is 4.36. The van der Waals surface area contributed by atoms with Gasteiger partial charge >= 0.3 is 5.97 Å². The Labute approximate surface area is 165 Å². The van der Waals surface area contributed by atoms with Crippen molar-refractivity contribution in [3.8, 4) is 0 Å². The van der Waals surface area contributed by atoms with Gasteiger partial charge in [0.15, 0.2) is 5.78 Å². The highest BCUT2D eigenvalue weighted by molar-refractivity contribution is 6.31. The maximum Gasteiger partial charge on any atom is 0.315 e. The Morgan fingerprint density at radius 1 is 1.30 bits per heavy atom. The van der Waals surface area contributed by atoms with E-state index in [1.165, 1.54) is 0 Å². The van der Waals surface area contributed by atoms with Gasteiger partial charge in [-0.2, -0.15) is 0 Å². The summed E-state index contributed by atoms with van der Waals surface area (Å²) in [5.74, 6) is -1.36. The van der Waals surface area contributed by atoms with Gasteiger partial charge < -0.3 is 4.74 Å². The molecule has 0 fully saturated rings. The van der Waals surface area contributed by atoms with E-state index in [-0.39, 0.29) is 17.2 Å². The molecule has 1 aromatic rings. The van der Waals surface area contributed by atoms with Crippen LogP contribution in [0, 0.1) is 11.3 Å². The molecule has 27 heavy (non-hydrogen) atoms. The van der Waals surface area contributed by atoms with Gasteiger partial charge in [-0.15, -0.1) is 0 Å². The number of hydrogen-bond donors (Lipinski definition) is 0. The fourth-order valence-electron chi connectivity index (χ4n) is 4.11. The molecule has 2 atom stereocenters. The van der Waals surface area contributed by atoms with Crippen LogP contribution in [0.15, 0.2) is 40.5 Å². The molecule has 0 saturated carbocycles. The van der Waals surface area contributed by atoms with Gasteiger partial charge in [0.25, 0.3) is 0 Å². The Morgan fingerprint density at radius 3 is 2.67 bits per heavy atom. The van der Waals surface area contributed by atoms with Gasteiger partial charge in [-0.3, -0.25) is 14.6 Å². The molecule has 5 heteroatoms. The molecule has 0 saturated heterocycles. The number of aliphatic imine (C=N–C) groups is 1. The first kappa shape index (κ1) is 19.8. The summed E-state index contributed by atoms with van der Waals surface area (Å²) in [6.45, 7) is 8.30. The van der Waals surface area contributed by atoms with E-state index in [2.05, 4.69) is 13.8 Å². The SMILES string of the molecule is CCCOC(=O)C1C(C)=NC2=C(C(=O)CC(C)(C)C2)[C@H]1c1ccccc1Cl. The summed E-state index contributed by atoms with van der Waals surface area (Å²) in [7, 11) is 0. The second-order valence-electron chi connectivity index (χ2n) is 8.20. The topological polar surface area (TPSA) is 55.7 Å². The molecule has 4 nitrogen and oxygen atoms in total. The lowest BCUT2D eigenvalue weighted by Gasteiger charge is -2.39. The molecule has 0 bridgehead atoms. The smallest absolute Gasteiger partial charge is 0.315 e. The molecule has 0 radical (unpaired) electrons. The molecule has 1 aromatic carbocycles. The number of ketones is 1. The van der Waals surface area contributed by atoms with E-state index >= 15 is 0 Å². The number of Topliss-reactive ketones (excluding diaryl/α,β-unsaturated/α-hetero) is 1. The maximum atomic E-state index is 13.1. The van der Waals surface area contributed by atoms with E-state index in [1.54, 1.807) is 6.07 Å². The third-order valence-electron chi connectivity index (χ3n) is 5.24. The average Bonchev–Trinajstić information content (AvgIpc) is 2.57. The predicted molar refractivity (Wildman–Crippen MR) is 107 cm³/mol. The van der Waals surface area contributed by atoms with Gasteiger partial charge in [-0.25, -0.2) is 0 Å². The van der Waals surface area contributed by atoms with Crippen molar-refractivity contribution in [3.63, 3.8) is 0 Å². The predicted octanol–water partition coefficient (Wildman–Crippen LogP) is 5.11. The highest BCUT2D eigenvalue weighted by Crippen LogP contribution is 2.49. The standard InChI is InChI=1S/C22H26ClNO3/c1-5-10-27-21(26)18-13(2)24-16-11-22(3,4)12-17(25)20(16)19(18)14-8-6-7-9-15(14)23/h6-9,18-19H,5,10-12H2,1-4H3/t18?,19-/m0/s1. The van der Waals surface area contributed by atoms with Crippen LogP contribution in [0.2, 0.25) is 5.02 Å². The molecule has 144 valence electrons. The lowest BCUT2D eigenvalue weighted by molar-refractivity contribution is -0.146. The Balaban J connectivity index is 2.15. The molecular weight excluding hydrogens is 362 g/mol. The number of ether oxygens (including phenoxy) is 1. The van der Waals surface area contributed by atoms with Crippen molar-refractivity contribution < 1.29 is 14.3 Å². The highest BCUT2D eigenvalue weighted by atomic mass is 35.5. The fraction of sp³-hybridized carbons (Fsp3) is 0.500. The van der Waals surface area contributed by atoms with Crippen molar-refractivity contribution in [2.75, 3.05) is 6.61 Å². The Bertz CT molecular complexity index is 838. The zero-order chi connectivity index (χ0) is 19.8. The molecule has 0 spiro atoms. The van der Waals surface area contributed by atoms with Crippen molar-refractivity contribution in [2.24, 2.45) is 16.3 Å². The van der Waals surface area contributed by atoms with Crippen LogP contribution in [0.1, 0.15) is 58.4 Å². The molecule has 1 heterocycles. The van der Waals surface area contributed by atoms with Crippen molar-refractivity contribution >= 4 is 29.1 Å². The third-order valence-corrected chi connectivity index (χ3v) is 5.59. The van der Waals surface area contributed by atoms with Gasteiger partial charge in [-0.05, 0) is 36.8 Å². The first-order valence-electron chi connectivity index (χ1n) is 9.47. The second kappa shape index (κ2) is 7.59. The summed E-state index contributed by atoms with van der Waals surface area (Å²) in [6.07, 6.45) is 1.90. The largest absolute Gasteiger partial charge is 0.465 e. The number of nitrogens with zero attached hydrogens (tertiary/aromatic N) is 1. The monoisotopic (exact) mass is 387 g/mol. The molecule has 1 aliphatic carbocycles. The normalized spacial score (nSPS) is 24.3. The van der Waals surface area contributed by atoms with Gasteiger partial charge in [0.1, 0.15) is 5.92 Å². The van der Waals surface area contributed by atoms with E-state index in [4.69, 9.17) is 21.3 Å². The summed E-state index contributed by atoms with van der Waals surface area (Å²) in [6, 6.07) is 7.42. The van der Waals surface area contributed by atoms with Crippen LogP contribution in [0.4, 0.5) is 0 Å². The Kier molecular flexibility index (Phi) is 5.57. The lowest BCUT2D eigenvalue weighted by atomic mass is 9.67. The van der Waals surface area contributed by atoms with Gasteiger partial charge in [-0.1, -0.05) is 50.6 Å². The number of carbonyl (C=O) groups excluding carboxylic acids is 2. The van der Waals surface area contributed by atoms with E-state index in [1.807, 2.05) is 32.0 Å². The molecule has 2 aliphatic rings. The quantitative estimate of drug-likeness (QED) is 0.674. The molecule has 1 unspecified atom stereocenters. The first-order valence-corrected chi connectivity index (χ1v) is 9.85. The van der Waals surface area contributed by atoms with Gasteiger partial charge in [0.05, 0.1) is 6.61 Å². The third kappa shape index (κ3) is 3.86. The molecule has 0 aromatic heterocycles. The van der Waals surface area contributed by atoms with Crippen LogP contribution < -0.4 is 0 Å². The zero-order valence-electron chi connectivity index (χ0n) is 16.3. The number of halogens is 1. The van der Waals surface area contributed by atoms with E-state index in [0.29, 0.717) is 35.8 Å². The number of rotatable bonds is 4. The average molecular weight is 388 g/mol. The number of allylic oxidation sites excluding steroid dienone is 2. The second-order valence-corrected chi connectivity index (χ2v) is 8.61. The molecule has 3 rings (SSSR count). The van der Waals surface area contributed by atoms with Crippen LogP contribution in [0.25, 0.3) is 0 Å². The molecule has 1 aliphatic heterocycles. The highest BCUT2D eigenvalue weighted by Gasteiger charge is 2.46. The summed E-state index contributed by atoms with van der Waals surface area (Å²) in [5, 5.41) is 0.551. The van der Waals surface area contributed by atoms with Crippen LogP contribution in [0.3, 0.4) is 0 Å². The van der Waals surface area contributed by atoms with Crippen molar-refractivity contribution in [2.45, 2.75) is 52.9 Å². The number of hydrogen-bond acceptors (Lipinski definition) is 4. The van der Waals surface area contributed by atoms with Crippen molar-refractivity contribution in [3.05, 3.63) is 46.1 Å². The van der Waals surface area contributed by atoms with Crippen molar-refractivity contribution in [1.82, 2.24) is 0 Å². The maximum absolute atomic E-state index is 13.1. The molecule has 0 amide bonds. The van der Waals surface area contributed by atoms with Crippen LogP contribution in [0.5, 0.6) is 0 Å². The minimum absolute atomic E-state index is 0.0516. The minimum Gasteiger partial charge on any atom is -0.465 e. The lowest BCUT2D eigenvalue weighted by Crippen LogP contribution is -2.39. The van der Waals surface area contributed by atoms with Gasteiger partial charge in [0.2, 0.25) is 0 Å². The summed E-state index contributed by atoms with van der Waals surface area (Å²) in [4.78, 5) is 30.7. The minimum atomic E-state index is -0.625. The van der Waals surface area contributed by atoms with Gasteiger partial charge in [0, 0.05) is 34.3 Å².